The first-order chi connectivity index (χ1) is 16.2. The number of aromatic nitrogens is 2. The number of carbonyl (C=O) groups excluding carboxylic acids is 1. The van der Waals surface area contributed by atoms with E-state index >= 15 is 0 Å². The summed E-state index contributed by atoms with van der Waals surface area (Å²) in [7, 11) is 2.91. The quantitative estimate of drug-likeness (QED) is 0.560. The molecule has 176 valence electrons. The summed E-state index contributed by atoms with van der Waals surface area (Å²) in [6.45, 7) is 0. The summed E-state index contributed by atoms with van der Waals surface area (Å²) in [6, 6.07) is 10.2. The Hall–Kier alpha value is -4.20. The van der Waals surface area contributed by atoms with Crippen LogP contribution in [0.1, 0.15) is 40.0 Å². The van der Waals surface area contributed by atoms with Crippen molar-refractivity contribution in [2.24, 2.45) is 0 Å². The molecular formula is C23H20F3N5O3. The minimum absolute atomic E-state index is 0.0382. The molecule has 2 aromatic carbocycles. The third-order valence-electron chi connectivity index (χ3n) is 5.56. The van der Waals surface area contributed by atoms with Crippen molar-refractivity contribution in [3.8, 4) is 17.6 Å². The first-order valence-corrected chi connectivity index (χ1v) is 10.2. The van der Waals surface area contributed by atoms with Crippen LogP contribution in [-0.2, 0) is 0 Å². The van der Waals surface area contributed by atoms with E-state index in [9.17, 15) is 18.0 Å². The first kappa shape index (κ1) is 23.0. The summed E-state index contributed by atoms with van der Waals surface area (Å²) in [6.07, 6.45) is -3.81. The van der Waals surface area contributed by atoms with Gasteiger partial charge in [0.2, 0.25) is 0 Å². The molecule has 11 heteroatoms. The largest absolute Gasteiger partial charge is 0.493 e. The number of nitrogens with one attached hydrogen (secondary N) is 2. The molecule has 1 aliphatic heterocycles. The molecule has 2 atom stereocenters. The van der Waals surface area contributed by atoms with Crippen LogP contribution in [0.4, 0.5) is 24.7 Å². The second kappa shape index (κ2) is 8.97. The Labute approximate surface area is 192 Å². The molecule has 0 saturated heterocycles. The molecule has 1 amide bonds. The topological polar surface area (TPSA) is 101 Å². The fraction of sp³-hybridized carbons (Fsp3) is 0.261. The van der Waals surface area contributed by atoms with Crippen molar-refractivity contribution < 1.29 is 27.4 Å². The summed E-state index contributed by atoms with van der Waals surface area (Å²) in [4.78, 5) is 12.9. The molecule has 2 heterocycles. The molecule has 34 heavy (non-hydrogen) atoms. The summed E-state index contributed by atoms with van der Waals surface area (Å²) >= 11 is 0. The van der Waals surface area contributed by atoms with Crippen molar-refractivity contribution in [3.63, 3.8) is 0 Å². The van der Waals surface area contributed by atoms with Gasteiger partial charge < -0.3 is 20.1 Å². The number of alkyl halides is 3. The number of halogens is 3. The lowest BCUT2D eigenvalue weighted by molar-refractivity contribution is -0.173. The highest BCUT2D eigenvalue weighted by molar-refractivity contribution is 6.07. The van der Waals surface area contributed by atoms with E-state index in [2.05, 4.69) is 15.7 Å². The predicted octanol–water partition coefficient (Wildman–Crippen LogP) is 4.68. The second-order valence-electron chi connectivity index (χ2n) is 7.60. The predicted molar refractivity (Wildman–Crippen MR) is 117 cm³/mol. The lowest BCUT2D eigenvalue weighted by atomic mass is 9.96. The Balaban J connectivity index is 1.68. The summed E-state index contributed by atoms with van der Waals surface area (Å²) in [5.41, 5.74) is 1.30. The maximum absolute atomic E-state index is 13.9. The maximum Gasteiger partial charge on any atom is 0.410 e. The van der Waals surface area contributed by atoms with Crippen LogP contribution >= 0.6 is 0 Å². The highest BCUT2D eigenvalue weighted by atomic mass is 19.4. The standard InChI is InChI=1S/C23H20F3N5O3/c1-33-18-8-5-14(9-19(18)34-2)17-10-20(23(24,25)26)31-21(30-17)16(12-28-31)22(32)29-15-6-3-13(11-27)4-7-15/h3-9,12,17,20,30H,10H2,1-2H3,(H,29,32). The van der Waals surface area contributed by atoms with Gasteiger partial charge in [-0.1, -0.05) is 6.07 Å². The molecular weight excluding hydrogens is 451 g/mol. The van der Waals surface area contributed by atoms with Gasteiger partial charge in [0, 0.05) is 12.1 Å². The van der Waals surface area contributed by atoms with E-state index < -0.39 is 24.2 Å². The molecule has 0 fully saturated rings. The molecule has 2 N–H and O–H groups in total. The van der Waals surface area contributed by atoms with E-state index in [1.807, 2.05) is 6.07 Å². The number of ether oxygens (including phenoxy) is 2. The van der Waals surface area contributed by atoms with E-state index in [0.29, 0.717) is 28.3 Å². The lowest BCUT2D eigenvalue weighted by Crippen LogP contribution is -2.36. The minimum Gasteiger partial charge on any atom is -0.493 e. The van der Waals surface area contributed by atoms with E-state index in [1.165, 1.54) is 38.5 Å². The molecule has 0 saturated carbocycles. The summed E-state index contributed by atoms with van der Waals surface area (Å²) in [5, 5.41) is 18.4. The fourth-order valence-corrected chi connectivity index (χ4v) is 3.84. The Morgan fingerprint density at radius 2 is 1.88 bits per heavy atom. The number of methoxy groups -OCH3 is 2. The first-order valence-electron chi connectivity index (χ1n) is 10.2. The number of nitriles is 1. The number of amides is 1. The molecule has 2 unspecified atom stereocenters. The average Bonchev–Trinajstić information content (AvgIpc) is 3.27. The zero-order chi connectivity index (χ0) is 24.5. The van der Waals surface area contributed by atoms with Gasteiger partial charge in [-0.25, -0.2) is 4.68 Å². The number of hydrogen-bond acceptors (Lipinski definition) is 6. The Bertz CT molecular complexity index is 1250. The molecule has 0 spiro atoms. The van der Waals surface area contributed by atoms with Gasteiger partial charge in [0.15, 0.2) is 17.5 Å². The molecule has 0 bridgehead atoms. The van der Waals surface area contributed by atoms with Crippen LogP contribution in [0.2, 0.25) is 0 Å². The number of fused-ring (bicyclic) bond motifs is 1. The highest BCUT2D eigenvalue weighted by Gasteiger charge is 2.47. The van der Waals surface area contributed by atoms with Crippen LogP contribution in [0, 0.1) is 11.3 Å². The SMILES string of the molecule is COc1ccc(C2CC(C(F)(F)F)n3ncc(C(=O)Nc4ccc(C#N)cc4)c3N2)cc1OC. The van der Waals surface area contributed by atoms with Crippen LogP contribution in [0.15, 0.2) is 48.7 Å². The van der Waals surface area contributed by atoms with Crippen LogP contribution in [-0.4, -0.2) is 36.1 Å². The summed E-state index contributed by atoms with van der Waals surface area (Å²) in [5.74, 6) is 0.150. The van der Waals surface area contributed by atoms with Crippen LogP contribution in [0.3, 0.4) is 0 Å². The normalized spacial score (nSPS) is 17.2. The van der Waals surface area contributed by atoms with Crippen molar-refractivity contribution in [2.45, 2.75) is 24.7 Å². The average molecular weight is 471 g/mol. The number of carbonyl (C=O) groups is 1. The molecule has 0 aliphatic carbocycles. The van der Waals surface area contributed by atoms with E-state index in [4.69, 9.17) is 14.7 Å². The van der Waals surface area contributed by atoms with Crippen molar-refractivity contribution in [3.05, 3.63) is 65.4 Å². The van der Waals surface area contributed by atoms with Gasteiger partial charge in [-0.2, -0.15) is 23.5 Å². The molecule has 1 aromatic heterocycles. The fourth-order valence-electron chi connectivity index (χ4n) is 3.84. The zero-order valence-electron chi connectivity index (χ0n) is 18.2. The number of nitrogens with zero attached hydrogens (tertiary/aromatic N) is 3. The van der Waals surface area contributed by atoms with Crippen LogP contribution < -0.4 is 20.1 Å². The number of hydrogen-bond donors (Lipinski definition) is 2. The van der Waals surface area contributed by atoms with Crippen LogP contribution in [0.5, 0.6) is 11.5 Å². The number of benzene rings is 2. The highest BCUT2D eigenvalue weighted by Crippen LogP contribution is 2.45. The van der Waals surface area contributed by atoms with Gasteiger partial charge in [-0.15, -0.1) is 0 Å². The summed E-state index contributed by atoms with van der Waals surface area (Å²) < 4.78 is 53.1. The molecule has 4 rings (SSSR count). The third kappa shape index (κ3) is 4.34. The Kier molecular flexibility index (Phi) is 6.06. The Morgan fingerprint density at radius 3 is 2.50 bits per heavy atom. The zero-order valence-corrected chi connectivity index (χ0v) is 18.2. The van der Waals surface area contributed by atoms with Gasteiger partial charge in [0.25, 0.3) is 5.91 Å². The van der Waals surface area contributed by atoms with Crippen molar-refractivity contribution >= 4 is 17.4 Å². The van der Waals surface area contributed by atoms with Crippen molar-refractivity contribution in [1.82, 2.24) is 9.78 Å². The van der Waals surface area contributed by atoms with Gasteiger partial charge in [-0.05, 0) is 42.0 Å². The Morgan fingerprint density at radius 1 is 1.18 bits per heavy atom. The van der Waals surface area contributed by atoms with E-state index in [-0.39, 0.29) is 17.8 Å². The second-order valence-corrected chi connectivity index (χ2v) is 7.60. The monoisotopic (exact) mass is 471 g/mol. The minimum atomic E-state index is -4.58. The smallest absolute Gasteiger partial charge is 0.410 e. The van der Waals surface area contributed by atoms with Crippen molar-refractivity contribution in [1.29, 1.82) is 5.26 Å². The molecule has 1 aliphatic rings. The molecule has 3 aromatic rings. The maximum atomic E-state index is 13.9. The molecule has 0 radical (unpaired) electrons. The number of rotatable bonds is 5. The number of anilines is 2. The van der Waals surface area contributed by atoms with Crippen LogP contribution in [0.25, 0.3) is 0 Å². The van der Waals surface area contributed by atoms with E-state index in [0.717, 1.165) is 10.9 Å². The van der Waals surface area contributed by atoms with Gasteiger partial charge in [-0.3, -0.25) is 4.79 Å². The van der Waals surface area contributed by atoms with E-state index in [1.54, 1.807) is 18.2 Å². The third-order valence-corrected chi connectivity index (χ3v) is 5.56. The van der Waals surface area contributed by atoms with Gasteiger partial charge >= 0.3 is 6.18 Å². The van der Waals surface area contributed by atoms with Gasteiger partial charge in [0.05, 0.1) is 38.1 Å². The molecule has 8 nitrogen and oxygen atoms in total. The van der Waals surface area contributed by atoms with Gasteiger partial charge in [0.1, 0.15) is 11.4 Å². The lowest BCUT2D eigenvalue weighted by Gasteiger charge is -2.34. The van der Waals surface area contributed by atoms with Crippen molar-refractivity contribution in [2.75, 3.05) is 24.9 Å².